The number of hydrogen-bond donors (Lipinski definition) is 2. The highest BCUT2D eigenvalue weighted by atomic mass is 32.2. The summed E-state index contributed by atoms with van der Waals surface area (Å²) in [6.45, 7) is 4.95. The van der Waals surface area contributed by atoms with Crippen molar-refractivity contribution in [1.29, 1.82) is 5.26 Å². The smallest absolute Gasteiger partial charge is 0.323 e. The van der Waals surface area contributed by atoms with Crippen LogP contribution in [-0.2, 0) is 14.3 Å². The molecule has 1 aliphatic rings. The molecule has 0 bridgehead atoms. The predicted molar refractivity (Wildman–Crippen MR) is 105 cm³/mol. The minimum atomic E-state index is -0.863. The van der Waals surface area contributed by atoms with Crippen molar-refractivity contribution in [3.8, 4) is 6.07 Å². The molecule has 2 heterocycles. The van der Waals surface area contributed by atoms with Gasteiger partial charge < -0.3 is 20.7 Å². The molecule has 3 N–H and O–H groups in total. The summed E-state index contributed by atoms with van der Waals surface area (Å²) in [7, 11) is 0. The lowest BCUT2D eigenvalue weighted by Crippen LogP contribution is -2.36. The van der Waals surface area contributed by atoms with E-state index in [0.29, 0.717) is 31.1 Å². The van der Waals surface area contributed by atoms with Crippen LogP contribution in [0.4, 0.5) is 11.6 Å². The van der Waals surface area contributed by atoms with E-state index in [2.05, 4.69) is 10.3 Å². The lowest BCUT2D eigenvalue weighted by atomic mass is 10.1. The van der Waals surface area contributed by atoms with Gasteiger partial charge in [0.25, 0.3) is 0 Å². The number of amides is 1. The number of ether oxygens (including phenoxy) is 1. The van der Waals surface area contributed by atoms with Crippen LogP contribution in [0.5, 0.6) is 0 Å². The van der Waals surface area contributed by atoms with Crippen molar-refractivity contribution in [2.75, 3.05) is 30.7 Å². The average molecular weight is 391 g/mol. The Labute approximate surface area is 163 Å². The third-order valence-electron chi connectivity index (χ3n) is 4.22. The third-order valence-corrected chi connectivity index (χ3v) is 5.74. The number of nitrogen functional groups attached to an aromatic ring is 1. The second-order valence-corrected chi connectivity index (χ2v) is 7.42. The van der Waals surface area contributed by atoms with Crippen molar-refractivity contribution in [2.24, 2.45) is 5.92 Å². The van der Waals surface area contributed by atoms with Crippen LogP contribution in [0.3, 0.4) is 0 Å². The number of nitrogens with two attached hydrogens (primary N) is 1. The molecule has 1 aromatic heterocycles. The number of pyridine rings is 1. The molecule has 146 valence electrons. The molecular formula is C18H25N5O3S. The number of anilines is 2. The Balaban J connectivity index is 1.92. The molecule has 1 aromatic rings. The minimum Gasteiger partial charge on any atom is -0.465 e. The molecular weight excluding hydrogens is 366 g/mol. The van der Waals surface area contributed by atoms with Gasteiger partial charge in [-0.1, -0.05) is 6.07 Å². The lowest BCUT2D eigenvalue weighted by molar-refractivity contribution is -0.146. The maximum atomic E-state index is 12.7. The Bertz CT molecular complexity index is 708. The van der Waals surface area contributed by atoms with E-state index in [0.717, 1.165) is 0 Å². The van der Waals surface area contributed by atoms with Gasteiger partial charge in [-0.05, 0) is 32.4 Å². The van der Waals surface area contributed by atoms with Gasteiger partial charge >= 0.3 is 5.97 Å². The third kappa shape index (κ3) is 5.50. The number of carbonyl (C=O) groups is 2. The molecule has 27 heavy (non-hydrogen) atoms. The first-order valence-corrected chi connectivity index (χ1v) is 9.93. The van der Waals surface area contributed by atoms with Crippen LogP contribution < -0.4 is 11.1 Å². The van der Waals surface area contributed by atoms with Gasteiger partial charge in [0.05, 0.1) is 23.3 Å². The molecule has 0 aliphatic carbocycles. The second-order valence-electron chi connectivity index (χ2n) is 6.04. The van der Waals surface area contributed by atoms with Gasteiger partial charge in [0.15, 0.2) is 0 Å². The molecule has 1 fully saturated rings. The summed E-state index contributed by atoms with van der Waals surface area (Å²) in [6, 6.07) is 7.34. The Morgan fingerprint density at radius 3 is 2.93 bits per heavy atom. The molecule has 3 atom stereocenters. The Morgan fingerprint density at radius 1 is 1.52 bits per heavy atom. The first-order chi connectivity index (χ1) is 13.0. The van der Waals surface area contributed by atoms with E-state index in [1.807, 2.05) is 25.1 Å². The predicted octanol–water partition coefficient (Wildman–Crippen LogP) is 1.85. The summed E-state index contributed by atoms with van der Waals surface area (Å²) in [5, 5.41) is 12.0. The van der Waals surface area contributed by atoms with Crippen LogP contribution in [0.15, 0.2) is 18.2 Å². The highest BCUT2D eigenvalue weighted by molar-refractivity contribution is 8.01. The van der Waals surface area contributed by atoms with Crippen LogP contribution >= 0.6 is 11.8 Å². The van der Waals surface area contributed by atoms with Crippen molar-refractivity contribution in [1.82, 2.24) is 9.88 Å². The average Bonchev–Trinajstić information content (AvgIpc) is 2.94. The summed E-state index contributed by atoms with van der Waals surface area (Å²) in [4.78, 5) is 30.4. The molecule has 1 saturated heterocycles. The Hall–Kier alpha value is -2.47. The van der Waals surface area contributed by atoms with Gasteiger partial charge in [0.2, 0.25) is 5.91 Å². The summed E-state index contributed by atoms with van der Waals surface area (Å²) in [5.74, 6) is -0.249. The van der Waals surface area contributed by atoms with Gasteiger partial charge in [-0.2, -0.15) is 5.26 Å². The zero-order chi connectivity index (χ0) is 19.8. The summed E-state index contributed by atoms with van der Waals surface area (Å²) in [5.41, 5.74) is 5.65. The van der Waals surface area contributed by atoms with Crippen LogP contribution in [0, 0.1) is 17.2 Å². The van der Waals surface area contributed by atoms with E-state index in [1.165, 1.54) is 11.8 Å². The fourth-order valence-electron chi connectivity index (χ4n) is 2.91. The zero-order valence-electron chi connectivity index (χ0n) is 15.6. The topological polar surface area (TPSA) is 121 Å². The van der Waals surface area contributed by atoms with E-state index in [9.17, 15) is 14.9 Å². The standard InChI is InChI=1S/C18H25N5O3S/c1-3-23-16(10-12(11-19)18(25)26-4-2)27-13(17(23)24)8-9-21-15-7-5-6-14(20)22-15/h5-7,12-13,16H,3-4,8-10H2,1-2H3,(H3,20,21,22). The molecule has 1 aliphatic heterocycles. The molecule has 2 rings (SSSR count). The molecule has 0 radical (unpaired) electrons. The van der Waals surface area contributed by atoms with E-state index >= 15 is 0 Å². The Morgan fingerprint density at radius 2 is 2.30 bits per heavy atom. The number of esters is 1. The monoisotopic (exact) mass is 391 g/mol. The number of hydrogen-bond acceptors (Lipinski definition) is 8. The summed E-state index contributed by atoms with van der Waals surface area (Å²) < 4.78 is 4.95. The van der Waals surface area contributed by atoms with Gasteiger partial charge in [-0.25, -0.2) is 4.98 Å². The van der Waals surface area contributed by atoms with Crippen molar-refractivity contribution < 1.29 is 14.3 Å². The first kappa shape index (κ1) is 20.8. The number of nitriles is 1. The van der Waals surface area contributed by atoms with E-state index < -0.39 is 11.9 Å². The van der Waals surface area contributed by atoms with Crippen LogP contribution in [0.2, 0.25) is 0 Å². The zero-order valence-corrected chi connectivity index (χ0v) is 16.4. The molecule has 9 heteroatoms. The van der Waals surface area contributed by atoms with Crippen molar-refractivity contribution >= 4 is 35.3 Å². The molecule has 1 amide bonds. The van der Waals surface area contributed by atoms with Crippen molar-refractivity contribution in [3.63, 3.8) is 0 Å². The quantitative estimate of drug-likeness (QED) is 0.612. The van der Waals surface area contributed by atoms with Gasteiger partial charge in [-0.3, -0.25) is 9.59 Å². The van der Waals surface area contributed by atoms with E-state index in [-0.39, 0.29) is 29.6 Å². The first-order valence-electron chi connectivity index (χ1n) is 8.98. The molecule has 0 spiro atoms. The van der Waals surface area contributed by atoms with E-state index in [4.69, 9.17) is 10.5 Å². The normalized spacial score (nSPS) is 20.2. The van der Waals surface area contributed by atoms with Gasteiger partial charge in [0, 0.05) is 19.5 Å². The highest BCUT2D eigenvalue weighted by Gasteiger charge is 2.41. The summed E-state index contributed by atoms with van der Waals surface area (Å²) >= 11 is 1.50. The van der Waals surface area contributed by atoms with Crippen molar-refractivity contribution in [3.05, 3.63) is 18.2 Å². The number of rotatable bonds is 9. The van der Waals surface area contributed by atoms with Crippen LogP contribution in [-0.4, -0.2) is 52.1 Å². The molecule has 0 aromatic carbocycles. The maximum Gasteiger partial charge on any atom is 0.323 e. The van der Waals surface area contributed by atoms with Crippen LogP contribution in [0.25, 0.3) is 0 Å². The minimum absolute atomic E-state index is 0.0374. The van der Waals surface area contributed by atoms with Crippen LogP contribution in [0.1, 0.15) is 26.7 Å². The highest BCUT2D eigenvalue weighted by Crippen LogP contribution is 2.37. The number of thioether (sulfide) groups is 1. The Kier molecular flexibility index (Phi) is 7.73. The number of nitrogens with one attached hydrogen (secondary N) is 1. The largest absolute Gasteiger partial charge is 0.465 e. The van der Waals surface area contributed by atoms with E-state index in [1.54, 1.807) is 17.9 Å². The summed E-state index contributed by atoms with van der Waals surface area (Å²) in [6.07, 6.45) is 0.893. The van der Waals surface area contributed by atoms with Gasteiger partial charge in [-0.15, -0.1) is 11.8 Å². The maximum absolute atomic E-state index is 12.7. The molecule has 8 nitrogen and oxygen atoms in total. The SMILES string of the molecule is CCOC(=O)C(C#N)CC1SC(CCNc2cccc(N)n2)C(=O)N1CC. The molecule has 3 unspecified atom stereocenters. The second kappa shape index (κ2) is 10.0. The number of aromatic nitrogens is 1. The molecule has 0 saturated carbocycles. The lowest BCUT2D eigenvalue weighted by Gasteiger charge is -2.23. The number of nitrogens with zero attached hydrogens (tertiary/aromatic N) is 3. The van der Waals surface area contributed by atoms with Crippen molar-refractivity contribution in [2.45, 2.75) is 37.3 Å². The fourth-order valence-corrected chi connectivity index (χ4v) is 4.50. The fraction of sp³-hybridized carbons (Fsp3) is 0.556. The number of carbonyl (C=O) groups excluding carboxylic acids is 2. The van der Waals surface area contributed by atoms with Gasteiger partial charge in [0.1, 0.15) is 17.6 Å².